The van der Waals surface area contributed by atoms with Crippen LogP contribution in [-0.2, 0) is 17.3 Å². The Kier molecular flexibility index (Phi) is 6.25. The van der Waals surface area contributed by atoms with Crippen molar-refractivity contribution in [3.63, 3.8) is 0 Å². The molecule has 1 amide bonds. The molecule has 4 N–H and O–H groups in total. The van der Waals surface area contributed by atoms with Crippen LogP contribution >= 0.6 is 0 Å². The van der Waals surface area contributed by atoms with Crippen molar-refractivity contribution in [1.82, 2.24) is 24.9 Å². The Morgan fingerprint density at radius 3 is 2.61 bits per heavy atom. The fraction of sp³-hybridized carbons (Fsp3) is 0.500. The van der Waals surface area contributed by atoms with Gasteiger partial charge in [0.2, 0.25) is 11.9 Å². The number of carbonyl (C=O) groups is 1. The van der Waals surface area contributed by atoms with Gasteiger partial charge in [0.25, 0.3) is 0 Å². The lowest BCUT2D eigenvalue weighted by Crippen LogP contribution is -2.38. The maximum absolute atomic E-state index is 11.6. The number of benzene rings is 1. The molecule has 1 aliphatic heterocycles. The first-order chi connectivity index (χ1) is 15.7. The zero-order valence-corrected chi connectivity index (χ0v) is 20.1. The lowest BCUT2D eigenvalue weighted by atomic mass is 9.86. The highest BCUT2D eigenvalue weighted by atomic mass is 16.2. The highest BCUT2D eigenvalue weighted by Gasteiger charge is 2.25. The van der Waals surface area contributed by atoms with Gasteiger partial charge in [-0.15, -0.1) is 0 Å². The molecule has 9 nitrogen and oxygen atoms in total. The van der Waals surface area contributed by atoms with Crippen LogP contribution in [0.2, 0.25) is 0 Å². The molecule has 0 bridgehead atoms. The largest absolute Gasteiger partial charge is 0.341 e. The lowest BCUT2D eigenvalue weighted by Gasteiger charge is -2.31. The van der Waals surface area contributed by atoms with Gasteiger partial charge in [-0.25, -0.2) is 10.8 Å². The first-order valence-corrected chi connectivity index (χ1v) is 11.5. The molecule has 176 valence electrons. The van der Waals surface area contributed by atoms with Gasteiger partial charge in [0.05, 0.1) is 6.33 Å². The van der Waals surface area contributed by atoms with E-state index in [0.717, 1.165) is 48.5 Å². The van der Waals surface area contributed by atoms with Crippen molar-refractivity contribution in [3.05, 3.63) is 35.7 Å². The van der Waals surface area contributed by atoms with Crippen LogP contribution in [0.1, 0.15) is 51.2 Å². The number of imidazole rings is 1. The Balaban J connectivity index is 1.63. The Morgan fingerprint density at radius 2 is 1.94 bits per heavy atom. The van der Waals surface area contributed by atoms with E-state index in [9.17, 15) is 4.79 Å². The minimum absolute atomic E-state index is 0.0496. The van der Waals surface area contributed by atoms with E-state index in [-0.39, 0.29) is 11.3 Å². The van der Waals surface area contributed by atoms with E-state index < -0.39 is 0 Å². The summed E-state index contributed by atoms with van der Waals surface area (Å²) in [5, 5.41) is 3.57. The van der Waals surface area contributed by atoms with Crippen molar-refractivity contribution in [2.75, 3.05) is 23.3 Å². The Labute approximate surface area is 194 Å². The second-order valence-electron chi connectivity index (χ2n) is 10.0. The second-order valence-corrected chi connectivity index (χ2v) is 10.0. The number of aromatic nitrogens is 4. The van der Waals surface area contributed by atoms with Gasteiger partial charge in [-0.1, -0.05) is 32.9 Å². The minimum atomic E-state index is -0.112. The number of piperidine rings is 1. The number of anilines is 3. The van der Waals surface area contributed by atoms with E-state index in [1.54, 1.807) is 6.33 Å². The summed E-state index contributed by atoms with van der Waals surface area (Å²) >= 11 is 0. The van der Waals surface area contributed by atoms with Gasteiger partial charge in [-0.05, 0) is 48.3 Å². The van der Waals surface area contributed by atoms with Crippen LogP contribution in [0.15, 0.2) is 24.5 Å². The number of rotatable bonds is 5. The number of aryl methyl sites for hydroxylation is 2. The topological polar surface area (TPSA) is 114 Å². The van der Waals surface area contributed by atoms with Crippen LogP contribution in [0.25, 0.3) is 11.2 Å². The molecule has 1 saturated heterocycles. The van der Waals surface area contributed by atoms with Crippen LogP contribution in [0.3, 0.4) is 0 Å². The molecular formula is C24H34N8O. The van der Waals surface area contributed by atoms with Crippen LogP contribution in [0.5, 0.6) is 0 Å². The number of amides is 1. The molecule has 2 aromatic heterocycles. The second kappa shape index (κ2) is 8.97. The number of nitrogens with zero attached hydrogens (tertiary/aromatic N) is 5. The Morgan fingerprint density at radius 1 is 1.21 bits per heavy atom. The monoisotopic (exact) mass is 450 g/mol. The van der Waals surface area contributed by atoms with Gasteiger partial charge in [-0.2, -0.15) is 9.97 Å². The van der Waals surface area contributed by atoms with Gasteiger partial charge >= 0.3 is 0 Å². The molecule has 3 heterocycles. The van der Waals surface area contributed by atoms with Gasteiger partial charge in [-0.3, -0.25) is 10.2 Å². The van der Waals surface area contributed by atoms with E-state index in [4.69, 9.17) is 15.8 Å². The molecule has 9 heteroatoms. The maximum Gasteiger partial charge on any atom is 0.234 e. The molecule has 0 unspecified atom stereocenters. The summed E-state index contributed by atoms with van der Waals surface area (Å²) in [7, 11) is 1.95. The molecule has 33 heavy (non-hydrogen) atoms. The SMILES string of the molecule is Cc1ccc(C(C)(C)C)cc1Nc1nc(N2CCC(CC(=O)NN)CC2)nc2ncn(C)c12. The summed E-state index contributed by atoms with van der Waals surface area (Å²) in [6.07, 6.45) is 4.02. The van der Waals surface area contributed by atoms with Crippen LogP contribution in [-0.4, -0.2) is 38.5 Å². The van der Waals surface area contributed by atoms with E-state index in [2.05, 4.69) is 66.5 Å². The number of carbonyl (C=O) groups excluding carboxylic acids is 1. The van der Waals surface area contributed by atoms with Crippen molar-refractivity contribution in [3.8, 4) is 0 Å². The van der Waals surface area contributed by atoms with Gasteiger partial charge < -0.3 is 14.8 Å². The fourth-order valence-electron chi connectivity index (χ4n) is 4.28. The molecule has 0 atom stereocenters. The molecule has 1 fully saturated rings. The van der Waals surface area contributed by atoms with Gasteiger partial charge in [0, 0.05) is 32.2 Å². The van der Waals surface area contributed by atoms with Crippen LogP contribution in [0.4, 0.5) is 17.5 Å². The minimum Gasteiger partial charge on any atom is -0.341 e. The van der Waals surface area contributed by atoms with Crippen molar-refractivity contribution in [2.24, 2.45) is 18.8 Å². The third-order valence-corrected chi connectivity index (χ3v) is 6.45. The molecule has 0 saturated carbocycles. The van der Waals surface area contributed by atoms with Crippen LogP contribution in [0, 0.1) is 12.8 Å². The number of fused-ring (bicyclic) bond motifs is 1. The molecule has 1 aliphatic rings. The Hall–Kier alpha value is -3.20. The van der Waals surface area contributed by atoms with E-state index in [1.165, 1.54) is 5.56 Å². The lowest BCUT2D eigenvalue weighted by molar-refractivity contribution is -0.122. The van der Waals surface area contributed by atoms with E-state index in [1.807, 2.05) is 11.6 Å². The van der Waals surface area contributed by atoms with Crippen molar-refractivity contribution in [1.29, 1.82) is 0 Å². The van der Waals surface area contributed by atoms with Crippen LogP contribution < -0.4 is 21.5 Å². The zero-order valence-electron chi connectivity index (χ0n) is 20.1. The fourth-order valence-corrected chi connectivity index (χ4v) is 4.28. The highest BCUT2D eigenvalue weighted by molar-refractivity contribution is 5.87. The van der Waals surface area contributed by atoms with Crippen molar-refractivity contribution < 1.29 is 4.79 Å². The van der Waals surface area contributed by atoms with E-state index in [0.29, 0.717) is 23.9 Å². The molecular weight excluding hydrogens is 416 g/mol. The van der Waals surface area contributed by atoms with Gasteiger partial charge in [0.1, 0.15) is 5.52 Å². The standard InChI is InChI=1S/C24H34N8O/c1-15-6-7-17(24(2,3)4)13-18(15)27-22-20-21(26-14-31(20)5)28-23(29-22)32-10-8-16(9-11-32)12-19(33)30-25/h6-7,13-14,16H,8-12,25H2,1-5H3,(H,30,33)(H,27,28,29). The number of hydrogen-bond donors (Lipinski definition) is 3. The molecule has 0 aliphatic carbocycles. The molecule has 3 aromatic rings. The third-order valence-electron chi connectivity index (χ3n) is 6.45. The van der Waals surface area contributed by atoms with Crippen molar-refractivity contribution in [2.45, 2.75) is 52.4 Å². The molecule has 4 rings (SSSR count). The third kappa shape index (κ3) is 4.93. The summed E-state index contributed by atoms with van der Waals surface area (Å²) in [4.78, 5) is 28.0. The Bertz CT molecular complexity index is 1160. The average Bonchev–Trinajstić information content (AvgIpc) is 3.15. The van der Waals surface area contributed by atoms with E-state index >= 15 is 0 Å². The highest BCUT2D eigenvalue weighted by Crippen LogP contribution is 2.32. The average molecular weight is 451 g/mol. The summed E-state index contributed by atoms with van der Waals surface area (Å²) in [6, 6.07) is 6.53. The number of nitrogens with one attached hydrogen (secondary N) is 2. The predicted octanol–water partition coefficient (Wildman–Crippen LogP) is 3.31. The number of hydrazine groups is 1. The predicted molar refractivity (Wildman–Crippen MR) is 131 cm³/mol. The normalized spacial score (nSPS) is 15.2. The quantitative estimate of drug-likeness (QED) is 0.310. The first-order valence-electron chi connectivity index (χ1n) is 11.5. The summed E-state index contributed by atoms with van der Waals surface area (Å²) in [5.41, 5.74) is 7.25. The summed E-state index contributed by atoms with van der Waals surface area (Å²) in [6.45, 7) is 10.3. The number of nitrogens with two attached hydrogens (primary N) is 1. The smallest absolute Gasteiger partial charge is 0.234 e. The maximum atomic E-state index is 11.6. The number of hydrogen-bond acceptors (Lipinski definition) is 7. The molecule has 0 spiro atoms. The summed E-state index contributed by atoms with van der Waals surface area (Å²) in [5.74, 6) is 6.86. The first kappa shape index (κ1) is 23.0. The summed E-state index contributed by atoms with van der Waals surface area (Å²) < 4.78 is 1.95. The van der Waals surface area contributed by atoms with Crippen molar-refractivity contribution >= 4 is 34.5 Å². The molecule has 1 aromatic carbocycles. The zero-order chi connectivity index (χ0) is 23.8. The molecule has 0 radical (unpaired) electrons. The van der Waals surface area contributed by atoms with Gasteiger partial charge in [0.15, 0.2) is 11.5 Å².